The van der Waals surface area contributed by atoms with Gasteiger partial charge in [-0.3, -0.25) is 37.3 Å². The molecule has 0 aromatic heterocycles. The van der Waals surface area contributed by atoms with E-state index in [1.807, 2.05) is 0 Å². The number of hydrogen-bond acceptors (Lipinski definition) is 15. The van der Waals surface area contributed by atoms with Crippen LogP contribution < -0.4 is 0 Å². The van der Waals surface area contributed by atoms with E-state index >= 15 is 0 Å². The molecular formula is C85H166O17P2. The van der Waals surface area contributed by atoms with Crippen molar-refractivity contribution < 1.29 is 80.2 Å². The van der Waals surface area contributed by atoms with E-state index in [1.54, 1.807) is 0 Å². The van der Waals surface area contributed by atoms with Gasteiger partial charge in [-0.2, -0.15) is 0 Å². The molecule has 0 bridgehead atoms. The van der Waals surface area contributed by atoms with E-state index in [-0.39, 0.29) is 25.7 Å². The highest BCUT2D eigenvalue weighted by Crippen LogP contribution is 2.45. The molecule has 17 nitrogen and oxygen atoms in total. The summed E-state index contributed by atoms with van der Waals surface area (Å²) in [6, 6.07) is 0. The van der Waals surface area contributed by atoms with Crippen LogP contribution >= 0.6 is 15.6 Å². The Morgan fingerprint density at radius 1 is 0.279 bits per heavy atom. The zero-order valence-corrected chi connectivity index (χ0v) is 70.1. The van der Waals surface area contributed by atoms with Crippen LogP contribution in [0.2, 0.25) is 0 Å². The summed E-state index contributed by atoms with van der Waals surface area (Å²) in [4.78, 5) is 73.0. The lowest BCUT2D eigenvalue weighted by Crippen LogP contribution is -2.30. The first-order chi connectivity index (χ1) is 50.4. The number of esters is 4. The lowest BCUT2D eigenvalue weighted by atomic mass is 9.99. The van der Waals surface area contributed by atoms with Gasteiger partial charge in [-0.05, 0) is 37.5 Å². The number of phosphoric acid groups is 2. The molecule has 104 heavy (non-hydrogen) atoms. The van der Waals surface area contributed by atoms with E-state index in [9.17, 15) is 43.2 Å². The number of unbranched alkanes of at least 4 members (excludes halogenated alkanes) is 53. The van der Waals surface area contributed by atoms with Crippen LogP contribution in [-0.2, 0) is 65.4 Å². The molecule has 0 aromatic carbocycles. The number of hydrogen-bond donors (Lipinski definition) is 3. The molecule has 0 heterocycles. The fourth-order valence-corrected chi connectivity index (χ4v) is 14.8. The SMILES string of the molecule is CCCCCCCCCCCCCCCCCCCCCCCCC(=O)O[C@H](COC(=O)CCCCCCCCCCCCCCCCCCCCC(C)C)COP(=O)(O)OC[C@@H](O)COP(=O)(O)OC[C@@H](COC(=O)CCCCCCCCC)OC(=O)CCCCCCCCCCCCC(C)CC. The van der Waals surface area contributed by atoms with Crippen molar-refractivity contribution in [1.82, 2.24) is 0 Å². The molecule has 0 saturated carbocycles. The monoisotopic (exact) mass is 1520 g/mol. The Kier molecular flexibility index (Phi) is 75.0. The van der Waals surface area contributed by atoms with Crippen molar-refractivity contribution in [3.63, 3.8) is 0 Å². The number of carbonyl (C=O) groups is 4. The Labute approximate surface area is 638 Å². The molecule has 3 unspecified atom stereocenters. The molecule has 0 saturated heterocycles. The second-order valence-corrected chi connectivity index (χ2v) is 34.2. The van der Waals surface area contributed by atoms with Gasteiger partial charge in [0.2, 0.25) is 0 Å². The van der Waals surface area contributed by atoms with Gasteiger partial charge in [-0.15, -0.1) is 0 Å². The van der Waals surface area contributed by atoms with Crippen LogP contribution in [0.3, 0.4) is 0 Å². The van der Waals surface area contributed by atoms with Gasteiger partial charge in [0.25, 0.3) is 0 Å². The van der Waals surface area contributed by atoms with Crippen LogP contribution in [-0.4, -0.2) is 96.7 Å². The second kappa shape index (κ2) is 76.4. The van der Waals surface area contributed by atoms with Crippen molar-refractivity contribution in [2.24, 2.45) is 11.8 Å². The topological polar surface area (TPSA) is 237 Å². The number of aliphatic hydroxyl groups excluding tert-OH is 1. The summed E-state index contributed by atoms with van der Waals surface area (Å²) in [5.74, 6) is -0.484. The maximum atomic E-state index is 13.1. The third kappa shape index (κ3) is 76.8. The fourth-order valence-electron chi connectivity index (χ4n) is 13.2. The molecule has 0 spiro atoms. The van der Waals surface area contributed by atoms with Crippen molar-refractivity contribution in [3.05, 3.63) is 0 Å². The van der Waals surface area contributed by atoms with Gasteiger partial charge in [0, 0.05) is 25.7 Å². The van der Waals surface area contributed by atoms with Gasteiger partial charge in [-0.1, -0.05) is 401 Å². The third-order valence-corrected chi connectivity index (χ3v) is 22.2. The predicted molar refractivity (Wildman–Crippen MR) is 428 cm³/mol. The third-order valence-electron chi connectivity index (χ3n) is 20.3. The first-order valence-electron chi connectivity index (χ1n) is 44.0. The Morgan fingerprint density at radius 3 is 0.731 bits per heavy atom. The Bertz CT molecular complexity index is 2000. The first kappa shape index (κ1) is 102. The molecule has 0 aliphatic rings. The molecule has 6 atom stereocenters. The molecule has 0 rings (SSSR count). The van der Waals surface area contributed by atoms with E-state index in [2.05, 4.69) is 41.5 Å². The van der Waals surface area contributed by atoms with Crippen molar-refractivity contribution in [2.75, 3.05) is 39.6 Å². The zero-order chi connectivity index (χ0) is 76.4. The largest absolute Gasteiger partial charge is 0.472 e. The van der Waals surface area contributed by atoms with Crippen molar-refractivity contribution >= 4 is 39.5 Å². The molecule has 0 aliphatic carbocycles. The lowest BCUT2D eigenvalue weighted by Gasteiger charge is -2.21. The molecular weight excluding hydrogens is 1350 g/mol. The van der Waals surface area contributed by atoms with Crippen LogP contribution in [0.25, 0.3) is 0 Å². The highest BCUT2D eigenvalue weighted by molar-refractivity contribution is 7.47. The molecule has 618 valence electrons. The number of carbonyl (C=O) groups excluding carboxylic acids is 4. The maximum Gasteiger partial charge on any atom is 0.472 e. The van der Waals surface area contributed by atoms with Gasteiger partial charge in [0.05, 0.1) is 26.4 Å². The van der Waals surface area contributed by atoms with Gasteiger partial charge >= 0.3 is 39.5 Å². The average molecular weight is 1520 g/mol. The van der Waals surface area contributed by atoms with E-state index in [1.165, 1.54) is 257 Å². The van der Waals surface area contributed by atoms with Gasteiger partial charge in [-0.25, -0.2) is 9.13 Å². The van der Waals surface area contributed by atoms with Crippen LogP contribution in [0, 0.1) is 11.8 Å². The van der Waals surface area contributed by atoms with Gasteiger partial charge < -0.3 is 33.8 Å². The Morgan fingerprint density at radius 2 is 0.490 bits per heavy atom. The second-order valence-electron chi connectivity index (χ2n) is 31.3. The van der Waals surface area contributed by atoms with Crippen LogP contribution in [0.5, 0.6) is 0 Å². The summed E-state index contributed by atoms with van der Waals surface area (Å²) in [5, 5.41) is 10.6. The predicted octanol–water partition coefficient (Wildman–Crippen LogP) is 25.8. The van der Waals surface area contributed by atoms with Crippen molar-refractivity contribution in [1.29, 1.82) is 0 Å². The van der Waals surface area contributed by atoms with E-state index in [0.717, 1.165) is 115 Å². The van der Waals surface area contributed by atoms with Crippen molar-refractivity contribution in [2.45, 2.75) is 471 Å². The van der Waals surface area contributed by atoms with Crippen LogP contribution in [0.15, 0.2) is 0 Å². The summed E-state index contributed by atoms with van der Waals surface area (Å²) >= 11 is 0. The molecule has 0 fully saturated rings. The normalized spacial score (nSPS) is 14.1. The summed E-state index contributed by atoms with van der Waals surface area (Å²) in [6.07, 6.45) is 68.3. The Hall–Kier alpha value is -1.94. The molecule has 19 heteroatoms. The van der Waals surface area contributed by atoms with E-state index in [4.69, 9.17) is 37.0 Å². The highest BCUT2D eigenvalue weighted by atomic mass is 31.2. The summed E-state index contributed by atoms with van der Waals surface area (Å²) < 4.78 is 68.7. The minimum atomic E-state index is -4.96. The Balaban J connectivity index is 5.15. The number of phosphoric ester groups is 2. The molecule has 0 aliphatic heterocycles. The highest BCUT2D eigenvalue weighted by Gasteiger charge is 2.30. The van der Waals surface area contributed by atoms with E-state index in [0.29, 0.717) is 25.7 Å². The van der Waals surface area contributed by atoms with Crippen LogP contribution in [0.4, 0.5) is 0 Å². The summed E-state index contributed by atoms with van der Waals surface area (Å²) in [7, 11) is -9.92. The standard InChI is InChI=1S/C85H166O17P2/c1-7-10-12-14-16-17-18-19-20-21-22-23-24-25-30-33-36-39-45-51-57-63-69-84(89)102-81(74-96-83(88)68-62-56-50-44-38-35-32-29-27-26-28-31-34-37-42-48-53-59-65-77(4)5)76-100-104(93,94)98-72-79(86)71-97-103(91,92)99-75-80(73-95-82(87)67-61-55-47-15-13-11-8-2)101-85(90)70-64-58-52-46-41-40-43-49-54-60-66-78(6)9-3/h77-81,86H,7-76H2,1-6H3,(H,91,92)(H,93,94)/t78?,79-,80+,81+/m0/s1. The first-order valence-corrected chi connectivity index (χ1v) is 47.0. The average Bonchev–Trinajstić information content (AvgIpc) is 0.907. The summed E-state index contributed by atoms with van der Waals surface area (Å²) in [5.41, 5.74) is 0. The molecule has 0 aromatic rings. The number of ether oxygens (including phenoxy) is 4. The van der Waals surface area contributed by atoms with E-state index < -0.39 is 97.5 Å². The van der Waals surface area contributed by atoms with Crippen molar-refractivity contribution in [3.8, 4) is 0 Å². The smallest absolute Gasteiger partial charge is 0.462 e. The maximum absolute atomic E-state index is 13.1. The quantitative estimate of drug-likeness (QED) is 0.0222. The zero-order valence-electron chi connectivity index (χ0n) is 68.3. The molecule has 0 radical (unpaired) electrons. The number of aliphatic hydroxyl groups is 1. The lowest BCUT2D eigenvalue weighted by molar-refractivity contribution is -0.161. The number of rotatable bonds is 84. The minimum absolute atomic E-state index is 0.106. The molecule has 0 amide bonds. The van der Waals surface area contributed by atoms with Gasteiger partial charge in [0.1, 0.15) is 19.3 Å². The van der Waals surface area contributed by atoms with Crippen LogP contribution in [0.1, 0.15) is 452 Å². The fraction of sp³-hybridized carbons (Fsp3) is 0.953. The summed E-state index contributed by atoms with van der Waals surface area (Å²) in [6.45, 7) is 9.67. The molecule has 3 N–H and O–H groups in total. The van der Waals surface area contributed by atoms with Gasteiger partial charge in [0.15, 0.2) is 12.2 Å². The minimum Gasteiger partial charge on any atom is -0.462 e.